The SMILES string of the molecule is CC(O)CNC(=O)N1CCOCC1. The monoisotopic (exact) mass is 188 g/mol. The highest BCUT2D eigenvalue weighted by atomic mass is 16.5. The molecule has 1 rings (SSSR count). The van der Waals surface area contributed by atoms with Gasteiger partial charge < -0.3 is 20.1 Å². The number of nitrogens with zero attached hydrogens (tertiary/aromatic N) is 1. The van der Waals surface area contributed by atoms with Crippen LogP contribution >= 0.6 is 0 Å². The molecule has 2 N–H and O–H groups in total. The zero-order valence-corrected chi connectivity index (χ0v) is 7.82. The molecule has 0 spiro atoms. The molecule has 0 bridgehead atoms. The van der Waals surface area contributed by atoms with Crippen LogP contribution in [0, 0.1) is 0 Å². The first-order valence-corrected chi connectivity index (χ1v) is 4.48. The van der Waals surface area contributed by atoms with E-state index in [1.165, 1.54) is 0 Å². The maximum atomic E-state index is 11.4. The number of morpholine rings is 1. The number of aliphatic hydroxyl groups excluding tert-OH is 1. The zero-order valence-electron chi connectivity index (χ0n) is 7.82. The van der Waals surface area contributed by atoms with Gasteiger partial charge in [0.05, 0.1) is 19.3 Å². The molecular formula is C8H16N2O3. The summed E-state index contributed by atoms with van der Waals surface area (Å²) in [5, 5.41) is 11.6. The van der Waals surface area contributed by atoms with E-state index in [-0.39, 0.29) is 6.03 Å². The number of urea groups is 1. The Hall–Kier alpha value is -0.810. The molecule has 0 aromatic heterocycles. The van der Waals surface area contributed by atoms with Crippen LogP contribution in [0.4, 0.5) is 4.79 Å². The maximum absolute atomic E-state index is 11.4. The van der Waals surface area contributed by atoms with Gasteiger partial charge in [0.15, 0.2) is 0 Å². The minimum absolute atomic E-state index is 0.121. The van der Waals surface area contributed by atoms with Crippen molar-refractivity contribution in [1.29, 1.82) is 0 Å². The van der Waals surface area contributed by atoms with E-state index in [0.29, 0.717) is 32.8 Å². The van der Waals surface area contributed by atoms with Crippen molar-refractivity contribution in [3.63, 3.8) is 0 Å². The van der Waals surface area contributed by atoms with Gasteiger partial charge in [0, 0.05) is 19.6 Å². The number of carbonyl (C=O) groups excluding carboxylic acids is 1. The van der Waals surface area contributed by atoms with E-state index in [9.17, 15) is 4.79 Å². The molecule has 5 nitrogen and oxygen atoms in total. The van der Waals surface area contributed by atoms with E-state index < -0.39 is 6.10 Å². The molecule has 0 aliphatic carbocycles. The highest BCUT2D eigenvalue weighted by molar-refractivity contribution is 5.74. The Morgan fingerprint density at radius 3 is 2.77 bits per heavy atom. The lowest BCUT2D eigenvalue weighted by Crippen LogP contribution is -2.47. The summed E-state index contributed by atoms with van der Waals surface area (Å²) in [6, 6.07) is -0.121. The predicted molar refractivity (Wildman–Crippen MR) is 47.5 cm³/mol. The van der Waals surface area contributed by atoms with E-state index in [0.717, 1.165) is 0 Å². The van der Waals surface area contributed by atoms with Crippen LogP contribution in [0.2, 0.25) is 0 Å². The molecule has 13 heavy (non-hydrogen) atoms. The fraction of sp³-hybridized carbons (Fsp3) is 0.875. The molecule has 1 fully saturated rings. The lowest BCUT2D eigenvalue weighted by Gasteiger charge is -2.27. The zero-order chi connectivity index (χ0) is 9.68. The molecule has 0 saturated carbocycles. The molecule has 0 radical (unpaired) electrons. The quantitative estimate of drug-likeness (QED) is 0.609. The van der Waals surface area contributed by atoms with Gasteiger partial charge in [-0.15, -0.1) is 0 Å². The number of aliphatic hydroxyl groups is 1. The van der Waals surface area contributed by atoms with Gasteiger partial charge in [-0.1, -0.05) is 0 Å². The highest BCUT2D eigenvalue weighted by Gasteiger charge is 2.16. The Kier molecular flexibility index (Phi) is 3.98. The third kappa shape index (κ3) is 3.61. The van der Waals surface area contributed by atoms with E-state index in [2.05, 4.69) is 5.32 Å². The average molecular weight is 188 g/mol. The molecule has 1 aliphatic rings. The smallest absolute Gasteiger partial charge is 0.317 e. The number of hydrogen-bond donors (Lipinski definition) is 2. The van der Waals surface area contributed by atoms with Gasteiger partial charge in [-0.05, 0) is 6.92 Å². The lowest BCUT2D eigenvalue weighted by atomic mass is 10.4. The molecule has 1 heterocycles. The van der Waals surface area contributed by atoms with Crippen molar-refractivity contribution >= 4 is 6.03 Å². The number of carbonyl (C=O) groups is 1. The summed E-state index contributed by atoms with van der Waals surface area (Å²) in [6.45, 7) is 4.40. The van der Waals surface area contributed by atoms with Crippen molar-refractivity contribution in [3.8, 4) is 0 Å². The third-order valence-electron chi connectivity index (χ3n) is 1.85. The van der Waals surface area contributed by atoms with Gasteiger partial charge in [-0.3, -0.25) is 0 Å². The van der Waals surface area contributed by atoms with Crippen molar-refractivity contribution < 1.29 is 14.6 Å². The summed E-state index contributed by atoms with van der Waals surface area (Å²) in [5.41, 5.74) is 0. The van der Waals surface area contributed by atoms with E-state index in [1.54, 1.807) is 11.8 Å². The van der Waals surface area contributed by atoms with Crippen molar-refractivity contribution in [1.82, 2.24) is 10.2 Å². The van der Waals surface area contributed by atoms with Crippen LogP contribution in [-0.4, -0.2) is 55.0 Å². The van der Waals surface area contributed by atoms with Crippen molar-refractivity contribution in [2.24, 2.45) is 0 Å². The minimum Gasteiger partial charge on any atom is -0.392 e. The van der Waals surface area contributed by atoms with Gasteiger partial charge in [0.25, 0.3) is 0 Å². The lowest BCUT2D eigenvalue weighted by molar-refractivity contribution is 0.0523. The first-order chi connectivity index (χ1) is 6.20. The summed E-state index contributed by atoms with van der Waals surface area (Å²) >= 11 is 0. The summed E-state index contributed by atoms with van der Waals surface area (Å²) in [7, 11) is 0. The molecule has 1 saturated heterocycles. The maximum Gasteiger partial charge on any atom is 0.317 e. The van der Waals surface area contributed by atoms with Crippen LogP contribution in [-0.2, 0) is 4.74 Å². The molecular weight excluding hydrogens is 172 g/mol. The van der Waals surface area contributed by atoms with Crippen LogP contribution in [0.5, 0.6) is 0 Å². The van der Waals surface area contributed by atoms with E-state index in [1.807, 2.05) is 0 Å². The van der Waals surface area contributed by atoms with Crippen molar-refractivity contribution in [2.45, 2.75) is 13.0 Å². The highest BCUT2D eigenvalue weighted by Crippen LogP contribution is 1.96. The Labute approximate surface area is 77.7 Å². The number of hydrogen-bond acceptors (Lipinski definition) is 3. The van der Waals surface area contributed by atoms with Crippen LogP contribution in [0.3, 0.4) is 0 Å². The summed E-state index contributed by atoms with van der Waals surface area (Å²) in [4.78, 5) is 13.0. The molecule has 0 aromatic carbocycles. The van der Waals surface area contributed by atoms with Gasteiger partial charge >= 0.3 is 6.03 Å². The second-order valence-electron chi connectivity index (χ2n) is 3.13. The van der Waals surface area contributed by atoms with Crippen molar-refractivity contribution in [3.05, 3.63) is 0 Å². The second-order valence-corrected chi connectivity index (χ2v) is 3.13. The van der Waals surface area contributed by atoms with Crippen LogP contribution < -0.4 is 5.32 Å². The predicted octanol–water partition coefficient (Wildman–Crippen LogP) is -0.591. The summed E-state index contributed by atoms with van der Waals surface area (Å²) in [6.07, 6.45) is -0.495. The van der Waals surface area contributed by atoms with E-state index >= 15 is 0 Å². The van der Waals surface area contributed by atoms with Gasteiger partial charge in [-0.2, -0.15) is 0 Å². The average Bonchev–Trinajstić information content (AvgIpc) is 2.15. The molecule has 1 atom stereocenters. The topological polar surface area (TPSA) is 61.8 Å². The van der Waals surface area contributed by atoms with Crippen LogP contribution in [0.15, 0.2) is 0 Å². The Morgan fingerprint density at radius 1 is 1.62 bits per heavy atom. The Morgan fingerprint density at radius 2 is 2.23 bits per heavy atom. The molecule has 2 amide bonds. The number of rotatable bonds is 2. The molecule has 1 aliphatic heterocycles. The first-order valence-electron chi connectivity index (χ1n) is 4.48. The summed E-state index contributed by atoms with van der Waals surface area (Å²) in [5.74, 6) is 0. The molecule has 76 valence electrons. The largest absolute Gasteiger partial charge is 0.392 e. The van der Waals surface area contributed by atoms with E-state index in [4.69, 9.17) is 9.84 Å². The Bertz CT molecular complexity index is 167. The standard InChI is InChI=1S/C8H16N2O3/c1-7(11)6-9-8(12)10-2-4-13-5-3-10/h7,11H,2-6H2,1H3,(H,9,12). The molecule has 5 heteroatoms. The first kappa shape index (κ1) is 10.3. The van der Waals surface area contributed by atoms with Gasteiger partial charge in [0.1, 0.15) is 0 Å². The minimum atomic E-state index is -0.495. The fourth-order valence-corrected chi connectivity index (χ4v) is 1.11. The van der Waals surface area contributed by atoms with Crippen molar-refractivity contribution in [2.75, 3.05) is 32.8 Å². The fourth-order valence-electron chi connectivity index (χ4n) is 1.11. The molecule has 1 unspecified atom stereocenters. The van der Waals surface area contributed by atoms with Gasteiger partial charge in [0.2, 0.25) is 0 Å². The normalized spacial score (nSPS) is 19.7. The Balaban J connectivity index is 2.21. The van der Waals surface area contributed by atoms with Gasteiger partial charge in [-0.25, -0.2) is 4.79 Å². The van der Waals surface area contributed by atoms with Crippen LogP contribution in [0.1, 0.15) is 6.92 Å². The third-order valence-corrected chi connectivity index (χ3v) is 1.85. The van der Waals surface area contributed by atoms with Crippen LogP contribution in [0.25, 0.3) is 0 Å². The number of amides is 2. The number of nitrogens with one attached hydrogen (secondary N) is 1. The molecule has 0 aromatic rings. The summed E-state index contributed by atoms with van der Waals surface area (Å²) < 4.78 is 5.10. The second kappa shape index (κ2) is 5.04. The number of ether oxygens (including phenoxy) is 1.